The molecular weight excluding hydrogens is 210 g/mol. The Bertz CT molecular complexity index is 518. The minimum atomic E-state index is -1.01. The van der Waals surface area contributed by atoms with E-state index in [9.17, 15) is 9.90 Å². The summed E-state index contributed by atoms with van der Waals surface area (Å²) in [7, 11) is 0. The summed E-state index contributed by atoms with van der Waals surface area (Å²) in [6, 6.07) is 6.65. The molecule has 1 aromatic carbocycles. The first-order valence-corrected chi connectivity index (χ1v) is 4.61. The molecule has 0 unspecified atom stereocenters. The maximum absolute atomic E-state index is 10.4. The van der Waals surface area contributed by atoms with Gasteiger partial charge in [-0.3, -0.25) is 4.79 Å². The van der Waals surface area contributed by atoms with Crippen molar-refractivity contribution in [3.63, 3.8) is 0 Å². The number of hydrogen-bond donors (Lipinski definition) is 2. The van der Waals surface area contributed by atoms with Crippen molar-refractivity contribution < 1.29 is 19.4 Å². The topological polar surface area (TPSA) is 83.6 Å². The van der Waals surface area contributed by atoms with E-state index in [1.807, 2.05) is 0 Å². The predicted octanol–water partition coefficient (Wildman–Crippen LogP) is 1.67. The minimum Gasteiger partial charge on any atom is -0.507 e. The fourth-order valence-corrected chi connectivity index (χ4v) is 1.34. The van der Waals surface area contributed by atoms with Crippen molar-refractivity contribution in [2.24, 2.45) is 0 Å². The summed E-state index contributed by atoms with van der Waals surface area (Å²) in [6.45, 7) is 0. The van der Waals surface area contributed by atoms with E-state index in [0.717, 1.165) is 0 Å². The standard InChI is InChI=1S/C11H9NO4/c13-9-4-2-1-3-7(9)8-6-16-10(12-8)5-11(14)15/h1-4,6,13H,5H2,(H,14,15). The van der Waals surface area contributed by atoms with Crippen LogP contribution in [0.1, 0.15) is 5.89 Å². The van der Waals surface area contributed by atoms with Gasteiger partial charge in [-0.25, -0.2) is 4.98 Å². The zero-order chi connectivity index (χ0) is 11.5. The van der Waals surface area contributed by atoms with Gasteiger partial charge in [-0.1, -0.05) is 12.1 Å². The molecule has 5 nitrogen and oxygen atoms in total. The van der Waals surface area contributed by atoms with Crippen molar-refractivity contribution in [1.29, 1.82) is 0 Å². The second kappa shape index (κ2) is 4.06. The number of benzene rings is 1. The number of phenols is 1. The Balaban J connectivity index is 2.32. The summed E-state index contributed by atoms with van der Waals surface area (Å²) in [5.41, 5.74) is 0.942. The number of carbonyl (C=O) groups is 1. The van der Waals surface area contributed by atoms with Gasteiger partial charge in [0.15, 0.2) is 0 Å². The summed E-state index contributed by atoms with van der Waals surface area (Å²) in [5.74, 6) is -0.811. The van der Waals surface area contributed by atoms with Crippen molar-refractivity contribution in [2.45, 2.75) is 6.42 Å². The van der Waals surface area contributed by atoms with Crippen LogP contribution in [0.4, 0.5) is 0 Å². The van der Waals surface area contributed by atoms with E-state index in [2.05, 4.69) is 4.98 Å². The van der Waals surface area contributed by atoms with E-state index < -0.39 is 5.97 Å². The highest BCUT2D eigenvalue weighted by Crippen LogP contribution is 2.27. The Hall–Kier alpha value is -2.30. The number of carboxylic acid groups (broad SMARTS) is 1. The van der Waals surface area contributed by atoms with Gasteiger partial charge < -0.3 is 14.6 Å². The molecule has 0 aliphatic rings. The van der Waals surface area contributed by atoms with E-state index in [1.165, 1.54) is 12.3 Å². The highest BCUT2D eigenvalue weighted by atomic mass is 16.4. The molecule has 82 valence electrons. The highest BCUT2D eigenvalue weighted by Gasteiger charge is 2.11. The van der Waals surface area contributed by atoms with E-state index >= 15 is 0 Å². The van der Waals surface area contributed by atoms with Gasteiger partial charge in [-0.2, -0.15) is 0 Å². The van der Waals surface area contributed by atoms with Gasteiger partial charge in [0.1, 0.15) is 24.1 Å². The fraction of sp³-hybridized carbons (Fsp3) is 0.0909. The summed E-state index contributed by atoms with van der Waals surface area (Å²) >= 11 is 0. The van der Waals surface area contributed by atoms with Crippen molar-refractivity contribution in [1.82, 2.24) is 4.98 Å². The number of aromatic hydroxyl groups is 1. The van der Waals surface area contributed by atoms with E-state index in [-0.39, 0.29) is 18.1 Å². The van der Waals surface area contributed by atoms with Gasteiger partial charge >= 0.3 is 5.97 Å². The van der Waals surface area contributed by atoms with Gasteiger partial charge in [-0.15, -0.1) is 0 Å². The van der Waals surface area contributed by atoms with Crippen molar-refractivity contribution in [3.8, 4) is 17.0 Å². The van der Waals surface area contributed by atoms with Gasteiger partial charge in [0.25, 0.3) is 0 Å². The van der Waals surface area contributed by atoms with Gasteiger partial charge in [0, 0.05) is 5.56 Å². The summed E-state index contributed by atoms with van der Waals surface area (Å²) in [5, 5.41) is 18.1. The lowest BCUT2D eigenvalue weighted by atomic mass is 10.1. The molecular formula is C11H9NO4. The Kier molecular flexibility index (Phi) is 2.59. The molecule has 2 N–H and O–H groups in total. The normalized spacial score (nSPS) is 10.2. The van der Waals surface area contributed by atoms with Gasteiger partial charge in [0.2, 0.25) is 5.89 Å². The quantitative estimate of drug-likeness (QED) is 0.820. The maximum Gasteiger partial charge on any atom is 0.312 e. The van der Waals surface area contributed by atoms with Crippen LogP contribution in [0.3, 0.4) is 0 Å². The van der Waals surface area contributed by atoms with Crippen LogP contribution < -0.4 is 0 Å². The highest BCUT2D eigenvalue weighted by molar-refractivity contribution is 5.70. The number of carboxylic acids is 1. The number of hydrogen-bond acceptors (Lipinski definition) is 4. The molecule has 0 saturated carbocycles. The monoisotopic (exact) mass is 219 g/mol. The average Bonchev–Trinajstić information content (AvgIpc) is 2.66. The average molecular weight is 219 g/mol. The van der Waals surface area contributed by atoms with Crippen LogP contribution in [0.2, 0.25) is 0 Å². The number of para-hydroxylation sites is 1. The molecule has 2 rings (SSSR count). The summed E-state index contributed by atoms with van der Waals surface area (Å²) < 4.78 is 4.98. The SMILES string of the molecule is O=C(O)Cc1nc(-c2ccccc2O)co1. The lowest BCUT2D eigenvalue weighted by molar-refractivity contribution is -0.136. The Morgan fingerprint density at radius 1 is 1.38 bits per heavy atom. The van der Waals surface area contributed by atoms with Crippen LogP contribution >= 0.6 is 0 Å². The molecule has 0 saturated heterocycles. The molecule has 0 amide bonds. The molecule has 1 heterocycles. The number of rotatable bonds is 3. The predicted molar refractivity (Wildman–Crippen MR) is 54.9 cm³/mol. The number of oxazole rings is 1. The smallest absolute Gasteiger partial charge is 0.312 e. The number of nitrogens with zero attached hydrogens (tertiary/aromatic N) is 1. The van der Waals surface area contributed by atoms with Crippen LogP contribution in [-0.2, 0) is 11.2 Å². The van der Waals surface area contributed by atoms with Crippen molar-refractivity contribution >= 4 is 5.97 Å². The molecule has 0 aliphatic heterocycles. The second-order valence-corrected chi connectivity index (χ2v) is 3.21. The molecule has 1 aromatic heterocycles. The van der Waals surface area contributed by atoms with Gasteiger partial charge in [-0.05, 0) is 12.1 Å². The molecule has 5 heteroatoms. The van der Waals surface area contributed by atoms with Crippen molar-refractivity contribution in [2.75, 3.05) is 0 Å². The number of aliphatic carboxylic acids is 1. The molecule has 0 fully saturated rings. The molecule has 0 radical (unpaired) electrons. The third kappa shape index (κ3) is 2.03. The fourth-order valence-electron chi connectivity index (χ4n) is 1.34. The molecule has 16 heavy (non-hydrogen) atoms. The first kappa shape index (κ1) is 10.2. The van der Waals surface area contributed by atoms with Crippen molar-refractivity contribution in [3.05, 3.63) is 36.4 Å². The maximum atomic E-state index is 10.4. The Morgan fingerprint density at radius 2 is 2.12 bits per heavy atom. The lowest BCUT2D eigenvalue weighted by Gasteiger charge is -1.97. The first-order valence-electron chi connectivity index (χ1n) is 4.61. The minimum absolute atomic E-state index is 0.0812. The Labute approximate surface area is 91.0 Å². The second-order valence-electron chi connectivity index (χ2n) is 3.21. The molecule has 0 bridgehead atoms. The molecule has 0 aliphatic carbocycles. The number of phenolic OH excluding ortho intramolecular Hbond substituents is 1. The van der Waals surface area contributed by atoms with Crippen LogP contribution in [0.5, 0.6) is 5.75 Å². The van der Waals surface area contributed by atoms with E-state index in [4.69, 9.17) is 9.52 Å². The third-order valence-electron chi connectivity index (χ3n) is 2.03. The summed E-state index contributed by atoms with van der Waals surface area (Å²) in [6.07, 6.45) is 1.06. The molecule has 0 atom stereocenters. The number of aromatic nitrogens is 1. The van der Waals surface area contributed by atoms with Crippen LogP contribution in [-0.4, -0.2) is 21.2 Å². The van der Waals surface area contributed by atoms with Crippen LogP contribution in [0.15, 0.2) is 34.9 Å². The van der Waals surface area contributed by atoms with E-state index in [0.29, 0.717) is 11.3 Å². The zero-order valence-corrected chi connectivity index (χ0v) is 8.25. The Morgan fingerprint density at radius 3 is 2.81 bits per heavy atom. The first-order chi connectivity index (χ1) is 7.66. The lowest BCUT2D eigenvalue weighted by Crippen LogP contribution is -1.99. The van der Waals surface area contributed by atoms with Crippen LogP contribution in [0.25, 0.3) is 11.3 Å². The molecule has 0 spiro atoms. The van der Waals surface area contributed by atoms with Gasteiger partial charge in [0.05, 0.1) is 0 Å². The largest absolute Gasteiger partial charge is 0.507 e. The third-order valence-corrected chi connectivity index (χ3v) is 2.03. The van der Waals surface area contributed by atoms with Crippen LogP contribution in [0, 0.1) is 0 Å². The summed E-state index contributed by atoms with van der Waals surface area (Å²) in [4.78, 5) is 14.4. The zero-order valence-electron chi connectivity index (χ0n) is 8.25. The van der Waals surface area contributed by atoms with E-state index in [1.54, 1.807) is 18.2 Å². The molecule has 2 aromatic rings.